The first kappa shape index (κ1) is 7.03. The molecule has 9 heavy (non-hydrogen) atoms. The molecule has 0 bridgehead atoms. The lowest BCUT2D eigenvalue weighted by atomic mass is 9.88. The zero-order chi connectivity index (χ0) is 6.91. The minimum atomic E-state index is -0.506. The Bertz CT molecular complexity index is 97.1. The Morgan fingerprint density at radius 3 is 2.11 bits per heavy atom. The molecule has 1 fully saturated rings. The molecule has 0 saturated heterocycles. The third-order valence-electron chi connectivity index (χ3n) is 1.74. The van der Waals surface area contributed by atoms with Crippen LogP contribution in [0.3, 0.4) is 0 Å². The molecule has 0 aliphatic heterocycles. The first-order chi connectivity index (χ1) is 4.12. The summed E-state index contributed by atoms with van der Waals surface area (Å²) >= 11 is 0. The van der Waals surface area contributed by atoms with Crippen molar-refractivity contribution in [3.05, 3.63) is 0 Å². The van der Waals surface area contributed by atoms with Crippen LogP contribution in [0.5, 0.6) is 0 Å². The highest BCUT2D eigenvalue weighted by molar-refractivity contribution is 4.85. The van der Waals surface area contributed by atoms with Gasteiger partial charge >= 0.3 is 0 Å². The van der Waals surface area contributed by atoms with Gasteiger partial charge in [-0.2, -0.15) is 0 Å². The number of hydrogen-bond acceptors (Lipinski definition) is 2. The molecule has 54 valence electrons. The molecule has 1 saturated carbocycles. The van der Waals surface area contributed by atoms with Crippen LogP contribution >= 0.6 is 0 Å². The lowest BCUT2D eigenvalue weighted by Crippen LogP contribution is -2.53. The molecule has 0 radical (unpaired) electrons. The van der Waals surface area contributed by atoms with Crippen LogP contribution in [0.1, 0.15) is 33.1 Å². The summed E-state index contributed by atoms with van der Waals surface area (Å²) in [5.41, 5.74) is -0.506. The largest absolute Gasteiger partial charge is 0.376 e. The fraction of sp³-hybridized carbons (Fsp3) is 1.00. The number of rotatable bonds is 2. The standard InChI is InChI=1S/C7H15NO/c1-6(2)8-7(9)4-3-5-7/h6,8-9H,3-5H2,1-2H3. The van der Waals surface area contributed by atoms with Gasteiger partial charge in [0.15, 0.2) is 0 Å². The fourth-order valence-electron chi connectivity index (χ4n) is 1.19. The van der Waals surface area contributed by atoms with E-state index in [1.807, 2.05) is 0 Å². The van der Waals surface area contributed by atoms with Crippen molar-refractivity contribution in [2.75, 3.05) is 0 Å². The first-order valence-corrected chi connectivity index (χ1v) is 3.62. The van der Waals surface area contributed by atoms with E-state index in [9.17, 15) is 5.11 Å². The molecule has 2 nitrogen and oxygen atoms in total. The second kappa shape index (κ2) is 2.27. The second-order valence-electron chi connectivity index (χ2n) is 3.18. The zero-order valence-corrected chi connectivity index (χ0v) is 6.15. The predicted octanol–water partition coefficient (Wildman–Crippen LogP) is 0.857. The Labute approximate surface area is 56.3 Å². The topological polar surface area (TPSA) is 32.3 Å². The van der Waals surface area contributed by atoms with Gasteiger partial charge in [0, 0.05) is 6.04 Å². The van der Waals surface area contributed by atoms with Gasteiger partial charge in [-0.3, -0.25) is 5.32 Å². The monoisotopic (exact) mass is 129 g/mol. The van der Waals surface area contributed by atoms with Gasteiger partial charge in [-0.15, -0.1) is 0 Å². The molecule has 1 aliphatic rings. The first-order valence-electron chi connectivity index (χ1n) is 3.62. The normalized spacial score (nSPS) is 24.0. The summed E-state index contributed by atoms with van der Waals surface area (Å²) in [6.45, 7) is 4.10. The van der Waals surface area contributed by atoms with Gasteiger partial charge in [0.25, 0.3) is 0 Å². The number of aliphatic hydroxyl groups is 1. The van der Waals surface area contributed by atoms with Crippen molar-refractivity contribution in [1.29, 1.82) is 0 Å². The molecule has 0 heterocycles. The van der Waals surface area contributed by atoms with E-state index in [-0.39, 0.29) is 0 Å². The minimum Gasteiger partial charge on any atom is -0.376 e. The molecular weight excluding hydrogens is 114 g/mol. The van der Waals surface area contributed by atoms with Crippen LogP contribution in [-0.2, 0) is 0 Å². The van der Waals surface area contributed by atoms with E-state index in [0.29, 0.717) is 6.04 Å². The highest BCUT2D eigenvalue weighted by Crippen LogP contribution is 2.28. The number of nitrogens with one attached hydrogen (secondary N) is 1. The van der Waals surface area contributed by atoms with Crippen molar-refractivity contribution >= 4 is 0 Å². The molecule has 0 amide bonds. The van der Waals surface area contributed by atoms with E-state index in [1.54, 1.807) is 0 Å². The van der Waals surface area contributed by atoms with Gasteiger partial charge in [-0.25, -0.2) is 0 Å². The molecule has 2 heteroatoms. The van der Waals surface area contributed by atoms with Crippen molar-refractivity contribution in [3.63, 3.8) is 0 Å². The third-order valence-corrected chi connectivity index (χ3v) is 1.74. The molecule has 1 aliphatic carbocycles. The molecule has 0 atom stereocenters. The summed E-state index contributed by atoms with van der Waals surface area (Å²) in [5.74, 6) is 0. The van der Waals surface area contributed by atoms with E-state index >= 15 is 0 Å². The Morgan fingerprint density at radius 2 is 2.00 bits per heavy atom. The molecule has 0 aromatic carbocycles. The van der Waals surface area contributed by atoms with E-state index < -0.39 is 5.72 Å². The van der Waals surface area contributed by atoms with Gasteiger partial charge in [-0.1, -0.05) is 0 Å². The average Bonchev–Trinajstić information content (AvgIpc) is 1.60. The fourth-order valence-corrected chi connectivity index (χ4v) is 1.19. The summed E-state index contributed by atoms with van der Waals surface area (Å²) in [4.78, 5) is 0. The lowest BCUT2D eigenvalue weighted by Gasteiger charge is -2.38. The Morgan fingerprint density at radius 1 is 1.44 bits per heavy atom. The Hall–Kier alpha value is -0.0800. The maximum absolute atomic E-state index is 9.47. The van der Waals surface area contributed by atoms with Crippen molar-refractivity contribution in [3.8, 4) is 0 Å². The second-order valence-corrected chi connectivity index (χ2v) is 3.18. The van der Waals surface area contributed by atoms with Gasteiger partial charge in [0.1, 0.15) is 5.72 Å². The molecule has 0 aromatic rings. The van der Waals surface area contributed by atoms with Crippen molar-refractivity contribution < 1.29 is 5.11 Å². The van der Waals surface area contributed by atoms with Crippen molar-refractivity contribution in [1.82, 2.24) is 5.32 Å². The summed E-state index contributed by atoms with van der Waals surface area (Å²) in [7, 11) is 0. The maximum Gasteiger partial charge on any atom is 0.116 e. The highest BCUT2D eigenvalue weighted by Gasteiger charge is 2.34. The summed E-state index contributed by atoms with van der Waals surface area (Å²) in [6, 6.07) is 0.398. The van der Waals surface area contributed by atoms with Crippen LogP contribution in [0, 0.1) is 0 Å². The van der Waals surface area contributed by atoms with Crippen LogP contribution in [0.4, 0.5) is 0 Å². The predicted molar refractivity (Wildman–Crippen MR) is 37.1 cm³/mol. The molecular formula is C7H15NO. The average molecular weight is 129 g/mol. The van der Waals surface area contributed by atoms with E-state index in [0.717, 1.165) is 19.3 Å². The van der Waals surface area contributed by atoms with Crippen LogP contribution in [0.25, 0.3) is 0 Å². The Balaban J connectivity index is 2.24. The van der Waals surface area contributed by atoms with Gasteiger partial charge in [-0.05, 0) is 33.1 Å². The Kier molecular flexibility index (Phi) is 1.78. The van der Waals surface area contributed by atoms with Crippen LogP contribution < -0.4 is 5.32 Å². The summed E-state index contributed by atoms with van der Waals surface area (Å²) < 4.78 is 0. The van der Waals surface area contributed by atoms with Crippen molar-refractivity contribution in [2.24, 2.45) is 0 Å². The molecule has 0 unspecified atom stereocenters. The molecule has 1 rings (SSSR count). The van der Waals surface area contributed by atoms with Crippen LogP contribution in [-0.4, -0.2) is 16.9 Å². The minimum absolute atomic E-state index is 0.398. The highest BCUT2D eigenvalue weighted by atomic mass is 16.3. The summed E-state index contributed by atoms with van der Waals surface area (Å²) in [6.07, 6.45) is 3.01. The molecule has 2 N–H and O–H groups in total. The van der Waals surface area contributed by atoms with Gasteiger partial charge in [0.2, 0.25) is 0 Å². The molecule has 0 aromatic heterocycles. The SMILES string of the molecule is CC(C)NC1(O)CCC1. The zero-order valence-electron chi connectivity index (χ0n) is 6.15. The summed E-state index contributed by atoms with van der Waals surface area (Å²) in [5, 5.41) is 12.6. The van der Waals surface area contributed by atoms with Crippen LogP contribution in [0.15, 0.2) is 0 Å². The van der Waals surface area contributed by atoms with Crippen molar-refractivity contribution in [2.45, 2.75) is 44.9 Å². The smallest absolute Gasteiger partial charge is 0.116 e. The van der Waals surface area contributed by atoms with E-state index in [2.05, 4.69) is 19.2 Å². The van der Waals surface area contributed by atoms with E-state index in [1.165, 1.54) is 0 Å². The maximum atomic E-state index is 9.47. The van der Waals surface area contributed by atoms with Gasteiger partial charge < -0.3 is 5.11 Å². The van der Waals surface area contributed by atoms with Gasteiger partial charge in [0.05, 0.1) is 0 Å². The number of hydrogen-bond donors (Lipinski definition) is 2. The van der Waals surface area contributed by atoms with E-state index in [4.69, 9.17) is 0 Å². The quantitative estimate of drug-likeness (QED) is 0.542. The lowest BCUT2D eigenvalue weighted by molar-refractivity contribution is -0.0695. The molecule has 0 spiro atoms. The third kappa shape index (κ3) is 1.66. The van der Waals surface area contributed by atoms with Crippen LogP contribution in [0.2, 0.25) is 0 Å².